The minimum absolute atomic E-state index is 0.180. The third-order valence-corrected chi connectivity index (χ3v) is 2.86. The summed E-state index contributed by atoms with van der Waals surface area (Å²) in [5.41, 5.74) is 0. The highest BCUT2D eigenvalue weighted by atomic mass is 16.5. The second kappa shape index (κ2) is 6.93. The molecular weight excluding hydrogens is 254 g/mol. The first-order valence-electron chi connectivity index (χ1n) is 6.00. The fourth-order valence-electron chi connectivity index (χ4n) is 1.57. The number of nitrogens with zero attached hydrogens (tertiary/aromatic N) is 1. The lowest BCUT2D eigenvalue weighted by molar-refractivity contribution is -0.146. The van der Waals surface area contributed by atoms with Crippen LogP contribution in [0, 0.1) is 5.92 Å². The van der Waals surface area contributed by atoms with Crippen molar-refractivity contribution < 1.29 is 24.2 Å². The van der Waals surface area contributed by atoms with Crippen LogP contribution in [-0.4, -0.2) is 67.3 Å². The van der Waals surface area contributed by atoms with E-state index in [2.05, 4.69) is 10.6 Å². The number of ether oxygens (including phenoxy) is 1. The molecule has 1 rings (SSSR count). The van der Waals surface area contributed by atoms with Crippen LogP contribution in [0.2, 0.25) is 0 Å². The zero-order chi connectivity index (χ0) is 14.4. The van der Waals surface area contributed by atoms with E-state index < -0.39 is 24.0 Å². The average Bonchev–Trinajstić information content (AvgIpc) is 2.26. The van der Waals surface area contributed by atoms with E-state index >= 15 is 0 Å². The summed E-state index contributed by atoms with van der Waals surface area (Å²) in [5, 5.41) is 13.8. The van der Waals surface area contributed by atoms with Crippen LogP contribution < -0.4 is 10.6 Å². The van der Waals surface area contributed by atoms with Crippen LogP contribution in [0.4, 0.5) is 4.79 Å². The number of carboxylic acid groups (broad SMARTS) is 1. The number of carboxylic acids is 1. The number of methoxy groups -OCH3 is 1. The number of hydrogen-bond acceptors (Lipinski definition) is 4. The van der Waals surface area contributed by atoms with Crippen molar-refractivity contribution in [2.45, 2.75) is 13.0 Å². The van der Waals surface area contributed by atoms with Crippen LogP contribution in [0.1, 0.15) is 6.92 Å². The van der Waals surface area contributed by atoms with Crippen LogP contribution in [0.25, 0.3) is 0 Å². The van der Waals surface area contributed by atoms with Crippen LogP contribution >= 0.6 is 0 Å². The highest BCUT2D eigenvalue weighted by Gasteiger charge is 2.36. The summed E-state index contributed by atoms with van der Waals surface area (Å²) in [4.78, 5) is 35.2. The number of amides is 3. The zero-order valence-corrected chi connectivity index (χ0v) is 11.0. The first kappa shape index (κ1) is 15.2. The van der Waals surface area contributed by atoms with Gasteiger partial charge in [-0.2, -0.15) is 0 Å². The van der Waals surface area contributed by atoms with Gasteiger partial charge in [-0.1, -0.05) is 0 Å². The Morgan fingerprint density at radius 1 is 1.42 bits per heavy atom. The van der Waals surface area contributed by atoms with E-state index in [1.807, 2.05) is 0 Å². The Hall–Kier alpha value is -1.83. The van der Waals surface area contributed by atoms with Crippen molar-refractivity contribution in [3.8, 4) is 0 Å². The van der Waals surface area contributed by atoms with E-state index in [0.717, 1.165) is 0 Å². The Labute approximate surface area is 111 Å². The summed E-state index contributed by atoms with van der Waals surface area (Å²) in [6.45, 7) is 2.70. The number of nitrogens with one attached hydrogen (secondary N) is 2. The molecule has 0 bridgehead atoms. The predicted molar refractivity (Wildman–Crippen MR) is 65.6 cm³/mol. The number of urea groups is 1. The maximum absolute atomic E-state index is 11.7. The average molecular weight is 273 g/mol. The normalized spacial score (nSPS) is 16.4. The molecule has 8 heteroatoms. The standard InChI is InChI=1S/C11H19N3O5/c1-7(9(15)12-3-4-19-2)13-11(18)14-5-8(6-14)10(16)17/h7-8H,3-6H2,1-2H3,(H,12,15)(H,13,18)(H,16,17). The molecule has 1 aliphatic rings. The summed E-state index contributed by atoms with van der Waals surface area (Å²) in [5.74, 6) is -1.72. The van der Waals surface area contributed by atoms with E-state index in [1.165, 1.54) is 12.0 Å². The Kier molecular flexibility index (Phi) is 5.56. The van der Waals surface area contributed by atoms with Crippen LogP contribution in [0.15, 0.2) is 0 Å². The molecule has 1 saturated heterocycles. The van der Waals surface area contributed by atoms with Crippen molar-refractivity contribution in [2.24, 2.45) is 5.92 Å². The van der Waals surface area contributed by atoms with Gasteiger partial charge in [-0.15, -0.1) is 0 Å². The van der Waals surface area contributed by atoms with Crippen LogP contribution in [0.5, 0.6) is 0 Å². The molecule has 0 spiro atoms. The van der Waals surface area contributed by atoms with Crippen molar-refractivity contribution >= 4 is 17.9 Å². The monoisotopic (exact) mass is 273 g/mol. The van der Waals surface area contributed by atoms with Gasteiger partial charge in [0.05, 0.1) is 12.5 Å². The third-order valence-electron chi connectivity index (χ3n) is 2.86. The Morgan fingerprint density at radius 2 is 2.05 bits per heavy atom. The van der Waals surface area contributed by atoms with Crippen molar-refractivity contribution in [3.63, 3.8) is 0 Å². The largest absolute Gasteiger partial charge is 0.481 e. The number of aliphatic carboxylic acids is 1. The maximum Gasteiger partial charge on any atom is 0.318 e. The van der Waals surface area contributed by atoms with Gasteiger partial charge >= 0.3 is 12.0 Å². The second-order valence-corrected chi connectivity index (χ2v) is 4.40. The van der Waals surface area contributed by atoms with E-state index in [1.54, 1.807) is 6.92 Å². The lowest BCUT2D eigenvalue weighted by atomic mass is 10.0. The summed E-state index contributed by atoms with van der Waals surface area (Å²) in [7, 11) is 1.53. The molecule has 1 atom stereocenters. The molecule has 19 heavy (non-hydrogen) atoms. The molecule has 1 heterocycles. The molecule has 1 aliphatic heterocycles. The zero-order valence-electron chi connectivity index (χ0n) is 11.0. The molecule has 0 saturated carbocycles. The van der Waals surface area contributed by atoms with Gasteiger partial charge < -0.3 is 25.4 Å². The molecule has 0 aliphatic carbocycles. The predicted octanol–water partition coefficient (Wildman–Crippen LogP) is -1.14. The van der Waals surface area contributed by atoms with Gasteiger partial charge in [0, 0.05) is 26.7 Å². The highest BCUT2D eigenvalue weighted by molar-refractivity contribution is 5.87. The first-order valence-corrected chi connectivity index (χ1v) is 6.00. The molecule has 108 valence electrons. The number of hydrogen-bond donors (Lipinski definition) is 3. The molecular formula is C11H19N3O5. The van der Waals surface area contributed by atoms with Gasteiger partial charge in [-0.25, -0.2) is 4.79 Å². The molecule has 1 unspecified atom stereocenters. The Balaban J connectivity index is 2.25. The fraction of sp³-hybridized carbons (Fsp3) is 0.727. The van der Waals surface area contributed by atoms with Crippen LogP contribution in [-0.2, 0) is 14.3 Å². The first-order chi connectivity index (χ1) is 8.95. The molecule has 0 aromatic carbocycles. The smallest absolute Gasteiger partial charge is 0.318 e. The molecule has 0 radical (unpaired) electrons. The molecule has 8 nitrogen and oxygen atoms in total. The molecule has 1 fully saturated rings. The topological polar surface area (TPSA) is 108 Å². The Bertz CT molecular complexity index is 354. The number of carbonyl (C=O) groups excluding carboxylic acids is 2. The fourth-order valence-corrected chi connectivity index (χ4v) is 1.57. The molecule has 0 aromatic heterocycles. The van der Waals surface area contributed by atoms with E-state index in [-0.39, 0.29) is 19.0 Å². The van der Waals surface area contributed by atoms with Crippen molar-refractivity contribution in [3.05, 3.63) is 0 Å². The van der Waals surface area contributed by atoms with Gasteiger partial charge in [-0.3, -0.25) is 9.59 Å². The quantitative estimate of drug-likeness (QED) is 0.530. The van der Waals surface area contributed by atoms with Gasteiger partial charge in [0.15, 0.2) is 0 Å². The van der Waals surface area contributed by atoms with Crippen molar-refractivity contribution in [1.29, 1.82) is 0 Å². The lowest BCUT2D eigenvalue weighted by Gasteiger charge is -2.37. The highest BCUT2D eigenvalue weighted by Crippen LogP contribution is 2.15. The van der Waals surface area contributed by atoms with Crippen molar-refractivity contribution in [2.75, 3.05) is 33.4 Å². The van der Waals surface area contributed by atoms with E-state index in [0.29, 0.717) is 13.2 Å². The van der Waals surface area contributed by atoms with Gasteiger partial charge in [-0.05, 0) is 6.92 Å². The number of likely N-dealkylation sites (tertiary alicyclic amines) is 1. The minimum atomic E-state index is -0.908. The SMILES string of the molecule is COCCNC(=O)C(C)NC(=O)N1CC(C(=O)O)C1. The minimum Gasteiger partial charge on any atom is -0.481 e. The van der Waals surface area contributed by atoms with Crippen molar-refractivity contribution in [1.82, 2.24) is 15.5 Å². The lowest BCUT2D eigenvalue weighted by Crippen LogP contribution is -2.58. The number of rotatable bonds is 6. The molecule has 0 aromatic rings. The molecule has 3 amide bonds. The van der Waals surface area contributed by atoms with Crippen LogP contribution in [0.3, 0.4) is 0 Å². The summed E-state index contributed by atoms with van der Waals surface area (Å²) in [6.07, 6.45) is 0. The summed E-state index contributed by atoms with van der Waals surface area (Å²) >= 11 is 0. The Morgan fingerprint density at radius 3 is 2.58 bits per heavy atom. The van der Waals surface area contributed by atoms with Gasteiger partial charge in [0.25, 0.3) is 0 Å². The molecule has 3 N–H and O–H groups in total. The summed E-state index contributed by atoms with van der Waals surface area (Å²) in [6, 6.07) is -1.10. The van der Waals surface area contributed by atoms with Gasteiger partial charge in [0.1, 0.15) is 6.04 Å². The third kappa shape index (κ3) is 4.40. The van der Waals surface area contributed by atoms with Gasteiger partial charge in [0.2, 0.25) is 5.91 Å². The maximum atomic E-state index is 11.7. The van der Waals surface area contributed by atoms with E-state index in [4.69, 9.17) is 9.84 Å². The van der Waals surface area contributed by atoms with E-state index in [9.17, 15) is 14.4 Å². The number of carbonyl (C=O) groups is 3. The summed E-state index contributed by atoms with van der Waals surface area (Å²) < 4.78 is 4.79. The second-order valence-electron chi connectivity index (χ2n) is 4.40.